The van der Waals surface area contributed by atoms with Gasteiger partial charge in [0.25, 0.3) is 0 Å². The summed E-state index contributed by atoms with van der Waals surface area (Å²) in [5, 5.41) is 3.91. The van der Waals surface area contributed by atoms with Crippen LogP contribution in [0.4, 0.5) is 17.1 Å². The molecule has 0 radical (unpaired) electrons. The molecule has 0 aliphatic heterocycles. The Morgan fingerprint density at radius 1 is 0.526 bits per heavy atom. The summed E-state index contributed by atoms with van der Waals surface area (Å²) >= 11 is 1.87. The van der Waals surface area contributed by atoms with Crippen LogP contribution in [0.2, 0.25) is 0 Å². The molecule has 0 spiro atoms. The van der Waals surface area contributed by atoms with Crippen LogP contribution in [0.1, 0.15) is 17.7 Å². The number of nitrogens with zero attached hydrogens (tertiary/aromatic N) is 2. The molecule has 0 atom stereocenters. The minimum atomic E-state index is 0.927. The van der Waals surface area contributed by atoms with Gasteiger partial charge in [-0.15, -0.1) is 11.3 Å². The smallest absolute Gasteiger partial charge is 0.0974 e. The van der Waals surface area contributed by atoms with Crippen molar-refractivity contribution >= 4 is 65.6 Å². The van der Waals surface area contributed by atoms with Gasteiger partial charge in [0.05, 0.1) is 22.6 Å². The summed E-state index contributed by atoms with van der Waals surface area (Å²) in [4.78, 5) is 2.34. The summed E-state index contributed by atoms with van der Waals surface area (Å²) in [5.74, 6) is 0. The van der Waals surface area contributed by atoms with E-state index >= 15 is 0 Å². The highest BCUT2D eigenvalue weighted by Gasteiger charge is 2.23. The Morgan fingerprint density at radius 3 is 2.07 bits per heavy atom. The molecular weight excluding hydrogens is 709 g/mol. The van der Waals surface area contributed by atoms with Gasteiger partial charge in [0.2, 0.25) is 0 Å². The first-order valence-corrected chi connectivity index (χ1v) is 20.4. The molecule has 11 rings (SSSR count). The van der Waals surface area contributed by atoms with E-state index in [9.17, 15) is 0 Å². The number of fused-ring (bicyclic) bond motifs is 6. The number of rotatable bonds is 7. The fourth-order valence-corrected chi connectivity index (χ4v) is 9.85. The van der Waals surface area contributed by atoms with Crippen molar-refractivity contribution in [2.24, 2.45) is 0 Å². The number of allylic oxidation sites excluding steroid dienone is 1. The zero-order chi connectivity index (χ0) is 37.7. The molecule has 1 aliphatic rings. The molecule has 2 aromatic heterocycles. The molecule has 2 heterocycles. The Morgan fingerprint density at radius 2 is 1.23 bits per heavy atom. The molecule has 8 aromatic carbocycles. The average Bonchev–Trinajstić information content (AvgIpc) is 3.84. The van der Waals surface area contributed by atoms with Crippen molar-refractivity contribution in [3.8, 4) is 39.1 Å². The van der Waals surface area contributed by atoms with Gasteiger partial charge >= 0.3 is 0 Å². The number of hydrogen-bond acceptors (Lipinski definition) is 2. The van der Waals surface area contributed by atoms with Crippen LogP contribution in [-0.4, -0.2) is 4.57 Å². The number of hydrogen-bond donors (Lipinski definition) is 0. The lowest BCUT2D eigenvalue weighted by molar-refractivity contribution is 0.887. The van der Waals surface area contributed by atoms with E-state index in [0.29, 0.717) is 0 Å². The third kappa shape index (κ3) is 5.73. The van der Waals surface area contributed by atoms with Gasteiger partial charge in [-0.1, -0.05) is 152 Å². The summed E-state index contributed by atoms with van der Waals surface area (Å²) in [6, 6.07) is 72.9. The Kier molecular flexibility index (Phi) is 8.09. The maximum Gasteiger partial charge on any atom is 0.0974 e. The second kappa shape index (κ2) is 13.9. The molecule has 3 heteroatoms. The summed E-state index contributed by atoms with van der Waals surface area (Å²) in [6.45, 7) is 0. The van der Waals surface area contributed by atoms with Gasteiger partial charge < -0.3 is 9.47 Å². The highest BCUT2D eigenvalue weighted by Crippen LogP contribution is 2.44. The molecule has 0 N–H and O–H groups in total. The van der Waals surface area contributed by atoms with Crippen LogP contribution in [0, 0.1) is 12.1 Å². The molecule has 268 valence electrons. The molecule has 10 aromatic rings. The van der Waals surface area contributed by atoms with E-state index < -0.39 is 0 Å². The number of benzene rings is 7. The lowest BCUT2D eigenvalue weighted by atomic mass is 10.0. The van der Waals surface area contributed by atoms with Crippen LogP contribution in [0.15, 0.2) is 188 Å². The number of para-hydroxylation sites is 3. The molecule has 57 heavy (non-hydrogen) atoms. The Bertz CT molecular complexity index is 3090. The van der Waals surface area contributed by atoms with E-state index in [0.717, 1.165) is 46.7 Å². The average molecular weight is 745 g/mol. The predicted molar refractivity (Wildman–Crippen MR) is 242 cm³/mol. The standard InChI is InChI=1S/C54H36N2S/c1-2-13-37(14-3-1)38-25-27-39(28-26-38)40-29-33-42(34-30-40)55(43-35-31-41(32-36-43)44-18-12-19-48-47-17-6-11-24-53(47)57-54(44)48)51-22-9-10-23-52(51)56-49-20-7-4-15-45(49)46-16-5-8-21-50(46)56/h1-7,9-20,22-29,31-33,35-36H,8,21H2. The lowest BCUT2D eigenvalue weighted by Gasteiger charge is -2.28. The molecule has 0 bridgehead atoms. The van der Waals surface area contributed by atoms with Gasteiger partial charge in [0.1, 0.15) is 0 Å². The summed E-state index contributed by atoms with van der Waals surface area (Å²) in [7, 11) is 0. The monoisotopic (exact) mass is 744 g/mol. The Hall–Kier alpha value is -7.12. The van der Waals surface area contributed by atoms with Crippen molar-refractivity contribution in [3.63, 3.8) is 0 Å². The van der Waals surface area contributed by atoms with Crippen molar-refractivity contribution < 1.29 is 0 Å². The zero-order valence-corrected chi connectivity index (χ0v) is 32.0. The Balaban J connectivity index is 1.04. The van der Waals surface area contributed by atoms with E-state index in [-0.39, 0.29) is 0 Å². The molecule has 0 unspecified atom stereocenters. The van der Waals surface area contributed by atoms with Crippen LogP contribution in [-0.2, 0) is 6.42 Å². The SMILES string of the molecule is c1c(-c2ccc(-c3ccccc3)cc2)ccc(N(c2ccc(-c3cccc4c3sc3ccccc34)cc2)c2ccccc2-n2c3c(c4ccccc42)C=CCC3)c#1. The van der Waals surface area contributed by atoms with Crippen molar-refractivity contribution in [2.45, 2.75) is 12.8 Å². The number of anilines is 3. The summed E-state index contributed by atoms with van der Waals surface area (Å²) in [6.07, 6.45) is 6.63. The first-order valence-electron chi connectivity index (χ1n) is 19.6. The fraction of sp³-hybridized carbons (Fsp3) is 0.0370. The topological polar surface area (TPSA) is 8.17 Å². The molecule has 2 nitrogen and oxygen atoms in total. The third-order valence-electron chi connectivity index (χ3n) is 11.3. The van der Waals surface area contributed by atoms with Crippen LogP contribution in [0.3, 0.4) is 0 Å². The van der Waals surface area contributed by atoms with Gasteiger partial charge in [0.15, 0.2) is 0 Å². The second-order valence-corrected chi connectivity index (χ2v) is 15.7. The summed E-state index contributed by atoms with van der Waals surface area (Å²) in [5.41, 5.74) is 15.1. The maximum atomic E-state index is 3.62. The molecule has 0 saturated carbocycles. The molecule has 1 aliphatic carbocycles. The Labute approximate surface area is 336 Å². The zero-order valence-electron chi connectivity index (χ0n) is 31.2. The van der Waals surface area contributed by atoms with E-state index in [1.165, 1.54) is 64.6 Å². The quantitative estimate of drug-likeness (QED) is 0.158. The van der Waals surface area contributed by atoms with Crippen LogP contribution >= 0.6 is 11.3 Å². The minimum Gasteiger partial charge on any atom is -0.311 e. The van der Waals surface area contributed by atoms with Gasteiger partial charge in [-0.3, -0.25) is 0 Å². The van der Waals surface area contributed by atoms with E-state index in [1.807, 2.05) is 11.3 Å². The minimum absolute atomic E-state index is 0.927. The van der Waals surface area contributed by atoms with Crippen molar-refractivity contribution in [1.29, 1.82) is 0 Å². The normalized spacial score (nSPS) is 12.2. The molecule has 0 fully saturated rings. The highest BCUT2D eigenvalue weighted by atomic mass is 32.1. The van der Waals surface area contributed by atoms with E-state index in [4.69, 9.17) is 0 Å². The lowest BCUT2D eigenvalue weighted by Crippen LogP contribution is -2.14. The van der Waals surface area contributed by atoms with Gasteiger partial charge in [-0.2, -0.15) is 0 Å². The fourth-order valence-electron chi connectivity index (χ4n) is 8.61. The predicted octanol–water partition coefficient (Wildman–Crippen LogP) is 15.0. The van der Waals surface area contributed by atoms with Gasteiger partial charge in [-0.05, 0) is 95.3 Å². The number of thiophene rings is 1. The van der Waals surface area contributed by atoms with Crippen LogP contribution in [0.25, 0.3) is 76.2 Å². The first-order chi connectivity index (χ1) is 28.3. The van der Waals surface area contributed by atoms with Gasteiger partial charge in [-0.25, -0.2) is 0 Å². The van der Waals surface area contributed by atoms with E-state index in [2.05, 4.69) is 216 Å². The van der Waals surface area contributed by atoms with Crippen LogP contribution in [0.5, 0.6) is 0 Å². The maximum absolute atomic E-state index is 3.62. The van der Waals surface area contributed by atoms with Gasteiger partial charge in [0, 0.05) is 48.1 Å². The van der Waals surface area contributed by atoms with Crippen molar-refractivity contribution in [1.82, 2.24) is 4.57 Å². The third-order valence-corrected chi connectivity index (χ3v) is 12.5. The largest absolute Gasteiger partial charge is 0.311 e. The van der Waals surface area contributed by atoms with Crippen molar-refractivity contribution in [2.75, 3.05) is 4.90 Å². The van der Waals surface area contributed by atoms with Crippen LogP contribution < -0.4 is 4.90 Å². The molecular formula is C54H36N2S. The first kappa shape index (κ1) is 33.2. The van der Waals surface area contributed by atoms with Crippen molar-refractivity contribution in [3.05, 3.63) is 211 Å². The van der Waals surface area contributed by atoms with E-state index in [1.54, 1.807) is 0 Å². The molecule has 0 amide bonds. The second-order valence-electron chi connectivity index (χ2n) is 14.6. The molecule has 0 saturated heterocycles. The number of aromatic nitrogens is 1. The highest BCUT2D eigenvalue weighted by molar-refractivity contribution is 7.26. The summed E-state index contributed by atoms with van der Waals surface area (Å²) < 4.78 is 5.12.